The fourth-order valence-corrected chi connectivity index (χ4v) is 2.84. The van der Waals surface area contributed by atoms with Gasteiger partial charge in [-0.2, -0.15) is 0 Å². The molecule has 2 rings (SSSR count). The summed E-state index contributed by atoms with van der Waals surface area (Å²) in [7, 11) is 0. The Morgan fingerprint density at radius 3 is 2.52 bits per heavy atom. The Labute approximate surface area is 142 Å². The summed E-state index contributed by atoms with van der Waals surface area (Å²) in [4.78, 5) is 0. The van der Waals surface area contributed by atoms with Gasteiger partial charge in [-0.25, -0.2) is 0 Å². The highest BCUT2D eigenvalue weighted by atomic mass is 79.9. The van der Waals surface area contributed by atoms with E-state index in [4.69, 9.17) is 27.9 Å². The Balaban J connectivity index is 2.14. The molecule has 2 nitrogen and oxygen atoms in total. The van der Waals surface area contributed by atoms with Crippen LogP contribution in [0.25, 0.3) is 0 Å². The highest BCUT2D eigenvalue weighted by Crippen LogP contribution is 2.30. The smallest absolute Gasteiger partial charge is 0.133 e. The Hall–Kier alpha value is -0.740. The molecule has 0 fully saturated rings. The molecule has 0 saturated heterocycles. The van der Waals surface area contributed by atoms with Crippen LogP contribution < -0.4 is 4.74 Å². The molecule has 2 aromatic carbocycles. The molecule has 5 heteroatoms. The van der Waals surface area contributed by atoms with Crippen molar-refractivity contribution in [3.8, 4) is 5.75 Å². The second-order valence-corrected chi connectivity index (χ2v) is 6.26. The first kappa shape index (κ1) is 16.6. The molecule has 0 aliphatic heterocycles. The predicted octanol–water partition coefficient (Wildman–Crippen LogP) is 5.43. The Morgan fingerprint density at radius 1 is 1.14 bits per heavy atom. The van der Waals surface area contributed by atoms with Gasteiger partial charge in [-0.3, -0.25) is 0 Å². The molecule has 0 spiro atoms. The average Bonchev–Trinajstić information content (AvgIpc) is 2.45. The van der Waals surface area contributed by atoms with Crippen molar-refractivity contribution >= 4 is 39.1 Å². The Morgan fingerprint density at radius 2 is 1.90 bits per heavy atom. The van der Waals surface area contributed by atoms with Crippen LogP contribution in [-0.2, 0) is 6.42 Å². The van der Waals surface area contributed by atoms with Gasteiger partial charge in [0.05, 0.1) is 27.2 Å². The van der Waals surface area contributed by atoms with Crippen molar-refractivity contribution in [2.24, 2.45) is 0 Å². The molecule has 0 heterocycles. The molecule has 0 aliphatic carbocycles. The van der Waals surface area contributed by atoms with E-state index in [2.05, 4.69) is 15.9 Å². The van der Waals surface area contributed by atoms with E-state index in [1.54, 1.807) is 12.1 Å². The molecule has 0 aromatic heterocycles. The van der Waals surface area contributed by atoms with Gasteiger partial charge in [0.2, 0.25) is 0 Å². The van der Waals surface area contributed by atoms with Crippen molar-refractivity contribution in [1.82, 2.24) is 0 Å². The molecule has 0 aliphatic rings. The first-order chi connectivity index (χ1) is 10.0. The lowest BCUT2D eigenvalue weighted by molar-refractivity contribution is 0.178. The molecule has 1 N–H and O–H groups in total. The van der Waals surface area contributed by atoms with Crippen LogP contribution in [-0.4, -0.2) is 11.7 Å². The van der Waals surface area contributed by atoms with E-state index in [0.717, 1.165) is 21.3 Å². The number of hydrogen-bond donors (Lipinski definition) is 1. The molecule has 21 heavy (non-hydrogen) atoms. The zero-order valence-electron chi connectivity index (χ0n) is 11.4. The van der Waals surface area contributed by atoms with Crippen molar-refractivity contribution < 1.29 is 9.84 Å². The summed E-state index contributed by atoms with van der Waals surface area (Å²) in [5.74, 6) is 0.767. The van der Waals surface area contributed by atoms with E-state index in [0.29, 0.717) is 23.1 Å². The van der Waals surface area contributed by atoms with Crippen molar-refractivity contribution in [3.63, 3.8) is 0 Å². The van der Waals surface area contributed by atoms with Gasteiger partial charge in [0.15, 0.2) is 0 Å². The highest BCUT2D eigenvalue weighted by Gasteiger charge is 2.12. The van der Waals surface area contributed by atoms with Crippen LogP contribution >= 0.6 is 39.1 Å². The number of ether oxygens (including phenoxy) is 1. The Bertz CT molecular complexity index is 632. The van der Waals surface area contributed by atoms with E-state index in [9.17, 15) is 5.11 Å². The molecular weight excluding hydrogens is 375 g/mol. The first-order valence-corrected chi connectivity index (χ1v) is 8.10. The van der Waals surface area contributed by atoms with Gasteiger partial charge in [-0.1, -0.05) is 35.3 Å². The van der Waals surface area contributed by atoms with E-state index in [1.807, 2.05) is 31.2 Å². The van der Waals surface area contributed by atoms with Crippen LogP contribution in [0, 0.1) is 0 Å². The number of aliphatic hydroxyl groups is 1. The molecule has 2 aromatic rings. The van der Waals surface area contributed by atoms with Crippen LogP contribution in [0.3, 0.4) is 0 Å². The standard InChI is InChI=1S/C16H15BrCl2O2/c1-2-21-16-6-4-11(9-12(16)17)15(20)8-10-3-5-13(18)14(19)7-10/h3-7,9,15,20H,2,8H2,1H3. The van der Waals surface area contributed by atoms with Crippen LogP contribution in [0.5, 0.6) is 5.75 Å². The third-order valence-electron chi connectivity index (χ3n) is 3.05. The quantitative estimate of drug-likeness (QED) is 0.738. The second-order valence-electron chi connectivity index (χ2n) is 4.59. The van der Waals surface area contributed by atoms with E-state index >= 15 is 0 Å². The summed E-state index contributed by atoms with van der Waals surface area (Å²) in [5, 5.41) is 11.3. The highest BCUT2D eigenvalue weighted by molar-refractivity contribution is 9.10. The molecular formula is C16H15BrCl2O2. The molecule has 0 radical (unpaired) electrons. The first-order valence-electron chi connectivity index (χ1n) is 6.55. The van der Waals surface area contributed by atoms with Crippen LogP contribution in [0.15, 0.2) is 40.9 Å². The van der Waals surface area contributed by atoms with Crippen LogP contribution in [0.2, 0.25) is 10.0 Å². The van der Waals surface area contributed by atoms with Gasteiger partial charge in [0, 0.05) is 6.42 Å². The normalized spacial score (nSPS) is 12.2. The topological polar surface area (TPSA) is 29.5 Å². The molecule has 1 atom stereocenters. The maximum atomic E-state index is 10.3. The van der Waals surface area contributed by atoms with Gasteiger partial charge >= 0.3 is 0 Å². The molecule has 0 saturated carbocycles. The van der Waals surface area contributed by atoms with Crippen molar-refractivity contribution in [2.45, 2.75) is 19.4 Å². The van der Waals surface area contributed by atoms with Gasteiger partial charge < -0.3 is 9.84 Å². The van der Waals surface area contributed by atoms with Crippen LogP contribution in [0.1, 0.15) is 24.2 Å². The number of benzene rings is 2. The summed E-state index contributed by atoms with van der Waals surface area (Å²) in [6, 6.07) is 10.9. The van der Waals surface area contributed by atoms with Crippen molar-refractivity contribution in [1.29, 1.82) is 0 Å². The minimum atomic E-state index is -0.616. The van der Waals surface area contributed by atoms with Gasteiger partial charge in [0.1, 0.15) is 5.75 Å². The summed E-state index contributed by atoms with van der Waals surface area (Å²) in [6.07, 6.45) is -0.147. The summed E-state index contributed by atoms with van der Waals surface area (Å²) in [6.45, 7) is 2.53. The zero-order valence-corrected chi connectivity index (χ0v) is 14.5. The third kappa shape index (κ3) is 4.36. The molecule has 0 amide bonds. The molecule has 0 bridgehead atoms. The van der Waals surface area contributed by atoms with Gasteiger partial charge in [-0.15, -0.1) is 0 Å². The summed E-state index contributed by atoms with van der Waals surface area (Å²) >= 11 is 15.3. The molecule has 1 unspecified atom stereocenters. The lowest BCUT2D eigenvalue weighted by Gasteiger charge is -2.14. The second kappa shape index (κ2) is 7.50. The summed E-state index contributed by atoms with van der Waals surface area (Å²) in [5.41, 5.74) is 1.75. The maximum absolute atomic E-state index is 10.3. The van der Waals surface area contributed by atoms with Gasteiger partial charge in [0.25, 0.3) is 0 Å². The monoisotopic (exact) mass is 388 g/mol. The SMILES string of the molecule is CCOc1ccc(C(O)Cc2ccc(Cl)c(Cl)c2)cc1Br. The number of hydrogen-bond acceptors (Lipinski definition) is 2. The van der Waals surface area contributed by atoms with E-state index < -0.39 is 6.10 Å². The zero-order chi connectivity index (χ0) is 15.4. The number of rotatable bonds is 5. The van der Waals surface area contributed by atoms with E-state index in [-0.39, 0.29) is 0 Å². The molecule has 112 valence electrons. The van der Waals surface area contributed by atoms with Crippen molar-refractivity contribution in [2.75, 3.05) is 6.61 Å². The number of halogens is 3. The lowest BCUT2D eigenvalue weighted by atomic mass is 10.0. The minimum Gasteiger partial charge on any atom is -0.493 e. The van der Waals surface area contributed by atoms with Gasteiger partial charge in [-0.05, 0) is 58.2 Å². The Kier molecular flexibility index (Phi) is 5.94. The fourth-order valence-electron chi connectivity index (χ4n) is 2.00. The summed E-state index contributed by atoms with van der Waals surface area (Å²) < 4.78 is 6.29. The largest absolute Gasteiger partial charge is 0.493 e. The van der Waals surface area contributed by atoms with Crippen LogP contribution in [0.4, 0.5) is 0 Å². The van der Waals surface area contributed by atoms with E-state index in [1.165, 1.54) is 0 Å². The average molecular weight is 390 g/mol. The predicted molar refractivity (Wildman–Crippen MR) is 90.4 cm³/mol. The minimum absolute atomic E-state index is 0.470. The third-order valence-corrected chi connectivity index (χ3v) is 4.41. The lowest BCUT2D eigenvalue weighted by Crippen LogP contribution is -2.02. The number of aliphatic hydroxyl groups excluding tert-OH is 1. The van der Waals surface area contributed by atoms with Crippen molar-refractivity contribution in [3.05, 3.63) is 62.0 Å². The fraction of sp³-hybridized carbons (Fsp3) is 0.250. The maximum Gasteiger partial charge on any atom is 0.133 e.